The van der Waals surface area contributed by atoms with Gasteiger partial charge in [-0.15, -0.1) is 11.3 Å². The average molecular weight is 521 g/mol. The Labute approximate surface area is 210 Å². The Morgan fingerprint density at radius 1 is 1.23 bits per heavy atom. The van der Waals surface area contributed by atoms with Crippen LogP contribution in [0.3, 0.4) is 0 Å². The van der Waals surface area contributed by atoms with Crippen LogP contribution < -0.4 is 0 Å². The van der Waals surface area contributed by atoms with Crippen molar-refractivity contribution in [2.75, 3.05) is 26.7 Å². The number of alkyl halides is 3. The standard InChI is InChI=1S/C25H24ClF3N4OS/c1-3-23(34)32-12-19(18-10-22(26)35-21(18)14-32)16-6-4-5-7-17(16)20-13-33(15-8-9-31(2)11-15)30-24(20)25(27,28)29/h3-7,10,13,15,19H,1,8-9,11-12,14H2,2H3/t15?,19-/m0/s1. The first-order valence-electron chi connectivity index (χ1n) is 11.3. The quantitative estimate of drug-likeness (QED) is 0.407. The summed E-state index contributed by atoms with van der Waals surface area (Å²) in [5.41, 5.74) is 1.27. The van der Waals surface area contributed by atoms with Gasteiger partial charge in [-0.25, -0.2) is 0 Å². The summed E-state index contributed by atoms with van der Waals surface area (Å²) in [6.07, 6.45) is -1.07. The fourth-order valence-corrected chi connectivity index (χ4v) is 6.46. The Kier molecular flexibility index (Phi) is 6.27. The van der Waals surface area contributed by atoms with E-state index in [0.29, 0.717) is 35.1 Å². The minimum atomic E-state index is -4.60. The Morgan fingerprint density at radius 3 is 2.69 bits per heavy atom. The van der Waals surface area contributed by atoms with Crippen molar-refractivity contribution in [1.29, 1.82) is 0 Å². The SMILES string of the molecule is C=CC(=O)N1Cc2sc(Cl)cc2[C@H](c2ccccc2-c2cn(C3CCN(C)C3)nc2C(F)(F)F)C1. The third kappa shape index (κ3) is 4.52. The molecule has 5 rings (SSSR count). The van der Waals surface area contributed by atoms with Crippen molar-refractivity contribution in [3.8, 4) is 11.1 Å². The van der Waals surface area contributed by atoms with E-state index >= 15 is 0 Å². The van der Waals surface area contributed by atoms with Crippen LogP contribution in [0.5, 0.6) is 0 Å². The smallest absolute Gasteiger partial charge is 0.333 e. The number of hydrogen-bond acceptors (Lipinski definition) is 4. The van der Waals surface area contributed by atoms with E-state index in [0.717, 1.165) is 23.4 Å². The molecule has 2 atom stereocenters. The number of likely N-dealkylation sites (tertiary alicyclic amines) is 1. The lowest BCUT2D eigenvalue weighted by Gasteiger charge is -2.33. The molecular formula is C25H24ClF3N4OS. The van der Waals surface area contributed by atoms with Crippen LogP contribution >= 0.6 is 22.9 Å². The van der Waals surface area contributed by atoms with Crippen LogP contribution in [0, 0.1) is 0 Å². The summed E-state index contributed by atoms with van der Waals surface area (Å²) in [6.45, 7) is 5.78. The number of likely N-dealkylation sites (N-methyl/N-ethyl adjacent to an activating group) is 1. The number of hydrogen-bond donors (Lipinski definition) is 0. The molecule has 2 aromatic heterocycles. The molecule has 0 bridgehead atoms. The second kappa shape index (κ2) is 9.11. The van der Waals surface area contributed by atoms with Crippen molar-refractivity contribution in [2.45, 2.75) is 31.1 Å². The highest BCUT2D eigenvalue weighted by atomic mass is 35.5. The molecule has 2 aliphatic heterocycles. The van der Waals surface area contributed by atoms with Crippen molar-refractivity contribution < 1.29 is 18.0 Å². The minimum Gasteiger partial charge on any atom is -0.333 e. The average Bonchev–Trinajstić information content (AvgIpc) is 3.54. The van der Waals surface area contributed by atoms with Gasteiger partial charge in [0.05, 0.1) is 16.9 Å². The van der Waals surface area contributed by atoms with Gasteiger partial charge in [0.15, 0.2) is 5.69 Å². The lowest BCUT2D eigenvalue weighted by molar-refractivity contribution is -0.141. The van der Waals surface area contributed by atoms with E-state index in [1.54, 1.807) is 17.0 Å². The summed E-state index contributed by atoms with van der Waals surface area (Å²) in [5, 5.41) is 4.03. The molecule has 1 amide bonds. The first-order chi connectivity index (χ1) is 16.7. The molecule has 1 aromatic carbocycles. The fourth-order valence-electron chi connectivity index (χ4n) is 5.11. The molecule has 184 valence electrons. The van der Waals surface area contributed by atoms with E-state index in [4.69, 9.17) is 11.6 Å². The maximum atomic E-state index is 14.2. The predicted octanol–water partition coefficient (Wildman–Crippen LogP) is 5.82. The first kappa shape index (κ1) is 24.1. The molecule has 1 fully saturated rings. The van der Waals surface area contributed by atoms with Crippen LogP contribution in [0.1, 0.15) is 40.1 Å². The topological polar surface area (TPSA) is 41.4 Å². The van der Waals surface area contributed by atoms with Crippen LogP contribution in [-0.4, -0.2) is 52.2 Å². The van der Waals surface area contributed by atoms with Crippen LogP contribution in [0.2, 0.25) is 4.34 Å². The Balaban J connectivity index is 1.64. The van der Waals surface area contributed by atoms with Gasteiger partial charge in [-0.3, -0.25) is 9.48 Å². The summed E-state index contributed by atoms with van der Waals surface area (Å²) in [6, 6.07) is 8.83. The molecule has 1 unspecified atom stereocenters. The Hall–Kier alpha value is -2.62. The number of nitrogens with zero attached hydrogens (tertiary/aromatic N) is 4. The van der Waals surface area contributed by atoms with Crippen molar-refractivity contribution in [3.63, 3.8) is 0 Å². The zero-order valence-corrected chi connectivity index (χ0v) is 20.6. The Morgan fingerprint density at radius 2 is 2.00 bits per heavy atom. The van der Waals surface area contributed by atoms with E-state index < -0.39 is 11.9 Å². The van der Waals surface area contributed by atoms with E-state index in [-0.39, 0.29) is 23.4 Å². The zero-order chi connectivity index (χ0) is 24.9. The van der Waals surface area contributed by atoms with Gasteiger partial charge in [0.2, 0.25) is 5.91 Å². The van der Waals surface area contributed by atoms with E-state index in [1.165, 1.54) is 28.3 Å². The molecule has 5 nitrogen and oxygen atoms in total. The lowest BCUT2D eigenvalue weighted by atomic mass is 9.84. The summed E-state index contributed by atoms with van der Waals surface area (Å²) < 4.78 is 44.6. The fraction of sp³-hybridized carbons (Fsp3) is 0.360. The minimum absolute atomic E-state index is 0.0534. The second-order valence-electron chi connectivity index (χ2n) is 9.07. The summed E-state index contributed by atoms with van der Waals surface area (Å²) in [5.74, 6) is -0.554. The summed E-state index contributed by atoms with van der Waals surface area (Å²) >= 11 is 7.71. The second-order valence-corrected chi connectivity index (χ2v) is 10.8. The van der Waals surface area contributed by atoms with Gasteiger partial charge < -0.3 is 9.80 Å². The number of aromatic nitrogens is 2. The van der Waals surface area contributed by atoms with Crippen LogP contribution in [0.15, 0.2) is 49.2 Å². The molecule has 35 heavy (non-hydrogen) atoms. The highest BCUT2D eigenvalue weighted by Crippen LogP contribution is 2.45. The van der Waals surface area contributed by atoms with E-state index in [2.05, 4.69) is 16.6 Å². The van der Waals surface area contributed by atoms with Crippen molar-refractivity contribution >= 4 is 28.8 Å². The third-order valence-electron chi connectivity index (χ3n) is 6.78. The van der Waals surface area contributed by atoms with Gasteiger partial charge in [0.1, 0.15) is 0 Å². The van der Waals surface area contributed by atoms with Crippen molar-refractivity contribution in [3.05, 3.63) is 75.2 Å². The molecule has 0 radical (unpaired) electrons. The van der Waals surface area contributed by atoms with Gasteiger partial charge in [0.25, 0.3) is 0 Å². The van der Waals surface area contributed by atoms with Gasteiger partial charge in [-0.1, -0.05) is 42.4 Å². The number of halogens is 4. The van der Waals surface area contributed by atoms with Crippen LogP contribution in [0.4, 0.5) is 13.2 Å². The maximum Gasteiger partial charge on any atom is 0.435 e. The van der Waals surface area contributed by atoms with E-state index in [9.17, 15) is 18.0 Å². The lowest BCUT2D eigenvalue weighted by Crippen LogP contribution is -2.37. The number of benzene rings is 1. The Bertz CT molecular complexity index is 1280. The van der Waals surface area contributed by atoms with Crippen LogP contribution in [-0.2, 0) is 17.5 Å². The predicted molar refractivity (Wildman–Crippen MR) is 131 cm³/mol. The number of amides is 1. The first-order valence-corrected chi connectivity index (χ1v) is 12.5. The zero-order valence-electron chi connectivity index (χ0n) is 19.1. The molecule has 0 saturated carbocycles. The maximum absolute atomic E-state index is 14.2. The largest absolute Gasteiger partial charge is 0.435 e. The van der Waals surface area contributed by atoms with Gasteiger partial charge in [-0.05, 0) is 48.8 Å². The molecule has 0 aliphatic carbocycles. The summed E-state index contributed by atoms with van der Waals surface area (Å²) in [7, 11) is 1.95. The molecular weight excluding hydrogens is 497 g/mol. The van der Waals surface area contributed by atoms with E-state index in [1.807, 2.05) is 25.2 Å². The monoisotopic (exact) mass is 520 g/mol. The molecule has 3 aromatic rings. The number of thiophene rings is 1. The highest BCUT2D eigenvalue weighted by Gasteiger charge is 2.40. The molecule has 10 heteroatoms. The molecule has 0 spiro atoms. The number of carbonyl (C=O) groups is 1. The molecule has 2 aliphatic rings. The van der Waals surface area contributed by atoms with Gasteiger partial charge in [-0.2, -0.15) is 18.3 Å². The highest BCUT2D eigenvalue weighted by molar-refractivity contribution is 7.16. The van der Waals surface area contributed by atoms with Gasteiger partial charge >= 0.3 is 6.18 Å². The molecule has 1 saturated heterocycles. The molecule has 0 N–H and O–H groups in total. The molecule has 4 heterocycles. The van der Waals surface area contributed by atoms with Crippen molar-refractivity contribution in [1.82, 2.24) is 19.6 Å². The van der Waals surface area contributed by atoms with Gasteiger partial charge in [0, 0.05) is 35.6 Å². The number of fused-ring (bicyclic) bond motifs is 1. The van der Waals surface area contributed by atoms with Crippen molar-refractivity contribution in [2.24, 2.45) is 0 Å². The van der Waals surface area contributed by atoms with Crippen LogP contribution in [0.25, 0.3) is 11.1 Å². The number of rotatable bonds is 4. The normalized spacial score (nSPS) is 20.8. The summed E-state index contributed by atoms with van der Waals surface area (Å²) in [4.78, 5) is 17.2. The number of carbonyl (C=O) groups excluding carboxylic acids is 1. The third-order valence-corrected chi connectivity index (χ3v) is 8.04.